The van der Waals surface area contributed by atoms with E-state index in [9.17, 15) is 4.79 Å². The van der Waals surface area contributed by atoms with E-state index in [1.807, 2.05) is 28.9 Å². The van der Waals surface area contributed by atoms with Gasteiger partial charge >= 0.3 is 0 Å². The van der Waals surface area contributed by atoms with Gasteiger partial charge in [-0.05, 0) is 12.8 Å². The number of rotatable bonds is 6. The molecule has 1 saturated heterocycles. The van der Waals surface area contributed by atoms with E-state index in [-0.39, 0.29) is 11.3 Å². The van der Waals surface area contributed by atoms with Crippen molar-refractivity contribution >= 4 is 11.9 Å². The number of nitrogens with one attached hydrogen (secondary N) is 1. The molecule has 28 heavy (non-hydrogen) atoms. The summed E-state index contributed by atoms with van der Waals surface area (Å²) in [6.45, 7) is 6.79. The minimum atomic E-state index is -0.247. The summed E-state index contributed by atoms with van der Waals surface area (Å²) >= 11 is 0. The van der Waals surface area contributed by atoms with Gasteiger partial charge in [-0.15, -0.1) is 6.58 Å². The van der Waals surface area contributed by atoms with Crippen LogP contribution in [-0.4, -0.2) is 50.0 Å². The number of aryl methyl sites for hydroxylation is 1. The van der Waals surface area contributed by atoms with Gasteiger partial charge in [0.05, 0.1) is 42.9 Å². The van der Waals surface area contributed by atoms with Gasteiger partial charge in [0.25, 0.3) is 0 Å². The molecule has 1 N–H and O–H groups in total. The lowest BCUT2D eigenvalue weighted by Crippen LogP contribution is -2.41. The van der Waals surface area contributed by atoms with E-state index in [1.54, 1.807) is 12.4 Å². The van der Waals surface area contributed by atoms with E-state index in [0.29, 0.717) is 45.1 Å². The molecular formula is C20H26N6O2. The summed E-state index contributed by atoms with van der Waals surface area (Å²) in [7, 11) is 1.96. The molecule has 1 atom stereocenters. The van der Waals surface area contributed by atoms with Gasteiger partial charge in [-0.3, -0.25) is 4.79 Å². The van der Waals surface area contributed by atoms with Gasteiger partial charge in [0.2, 0.25) is 11.9 Å². The van der Waals surface area contributed by atoms with Crippen LogP contribution in [0.25, 0.3) is 0 Å². The zero-order chi connectivity index (χ0) is 19.6. The summed E-state index contributed by atoms with van der Waals surface area (Å²) in [6, 6.07) is 0. The molecule has 2 aliphatic heterocycles. The highest BCUT2D eigenvalue weighted by Crippen LogP contribution is 2.39. The van der Waals surface area contributed by atoms with Gasteiger partial charge in [0.1, 0.15) is 0 Å². The Morgan fingerprint density at radius 3 is 3.14 bits per heavy atom. The highest BCUT2D eigenvalue weighted by molar-refractivity contribution is 5.77. The van der Waals surface area contributed by atoms with Crippen molar-refractivity contribution in [2.75, 3.05) is 25.0 Å². The first-order valence-corrected chi connectivity index (χ1v) is 9.63. The average Bonchev–Trinajstić information content (AvgIpc) is 3.32. The zero-order valence-corrected chi connectivity index (χ0v) is 16.2. The van der Waals surface area contributed by atoms with Crippen LogP contribution in [0.15, 0.2) is 31.4 Å². The van der Waals surface area contributed by atoms with E-state index in [0.717, 1.165) is 29.9 Å². The lowest BCUT2D eigenvalue weighted by atomic mass is 9.80. The van der Waals surface area contributed by atoms with Crippen molar-refractivity contribution in [1.29, 1.82) is 0 Å². The molecule has 0 saturated carbocycles. The highest BCUT2D eigenvalue weighted by atomic mass is 16.5. The molecule has 4 rings (SSSR count). The van der Waals surface area contributed by atoms with Gasteiger partial charge < -0.3 is 19.5 Å². The number of carbonyl (C=O) groups is 1. The van der Waals surface area contributed by atoms with Crippen LogP contribution in [0.1, 0.15) is 36.2 Å². The molecule has 2 aromatic heterocycles. The third kappa shape index (κ3) is 3.52. The van der Waals surface area contributed by atoms with Crippen molar-refractivity contribution < 1.29 is 9.53 Å². The van der Waals surface area contributed by atoms with Crippen LogP contribution in [0.5, 0.6) is 0 Å². The number of amides is 1. The average molecular weight is 382 g/mol. The van der Waals surface area contributed by atoms with Crippen LogP contribution in [0, 0.1) is 0 Å². The number of fused-ring (bicyclic) bond motifs is 2. The molecule has 8 heteroatoms. The third-order valence-corrected chi connectivity index (χ3v) is 5.62. The Morgan fingerprint density at radius 2 is 2.36 bits per heavy atom. The van der Waals surface area contributed by atoms with Gasteiger partial charge in [-0.2, -0.15) is 0 Å². The van der Waals surface area contributed by atoms with Crippen LogP contribution in [-0.2, 0) is 35.1 Å². The number of allylic oxidation sites excluding steroid dienone is 1. The van der Waals surface area contributed by atoms with E-state index in [2.05, 4.69) is 21.9 Å². The second-order valence-electron chi connectivity index (χ2n) is 7.58. The van der Waals surface area contributed by atoms with Crippen molar-refractivity contribution in [3.05, 3.63) is 48.3 Å². The Bertz CT molecular complexity index is 879. The van der Waals surface area contributed by atoms with Crippen LogP contribution in [0.3, 0.4) is 0 Å². The maximum atomic E-state index is 12.5. The minimum Gasteiger partial charge on any atom is -0.376 e. The molecule has 1 amide bonds. The summed E-state index contributed by atoms with van der Waals surface area (Å²) in [6.07, 6.45) is 9.30. The standard InChI is InChI=1S/C20H26N6O2/c1-3-4-5-17(27)26-7-6-20(12-26)13-28-11-15-8-22-19(24-18(15)20)23-10-16-9-21-14-25(16)2/h3,8-9,14H,1,4-7,10-13H2,2H3,(H,22,23,24). The molecule has 1 unspecified atom stereocenters. The number of hydrogen-bond acceptors (Lipinski definition) is 6. The first kappa shape index (κ1) is 18.6. The molecule has 0 bridgehead atoms. The first-order valence-electron chi connectivity index (χ1n) is 9.63. The van der Waals surface area contributed by atoms with Crippen molar-refractivity contribution in [2.24, 2.45) is 7.05 Å². The first-order chi connectivity index (χ1) is 13.6. The number of nitrogens with zero attached hydrogens (tertiary/aromatic N) is 5. The van der Waals surface area contributed by atoms with Crippen LogP contribution in [0.2, 0.25) is 0 Å². The number of carbonyl (C=O) groups excluding carboxylic acids is 1. The fourth-order valence-corrected chi connectivity index (χ4v) is 3.99. The number of likely N-dealkylation sites (tertiary alicyclic amines) is 1. The molecule has 1 spiro atoms. The van der Waals surface area contributed by atoms with Crippen LogP contribution < -0.4 is 5.32 Å². The van der Waals surface area contributed by atoms with E-state index in [4.69, 9.17) is 9.72 Å². The zero-order valence-electron chi connectivity index (χ0n) is 16.2. The van der Waals surface area contributed by atoms with Crippen molar-refractivity contribution in [3.63, 3.8) is 0 Å². The van der Waals surface area contributed by atoms with Gasteiger partial charge in [-0.1, -0.05) is 6.08 Å². The SMILES string of the molecule is C=CCCC(=O)N1CCC2(COCc3cnc(NCc4cncn4C)nc32)C1. The molecule has 148 valence electrons. The second-order valence-corrected chi connectivity index (χ2v) is 7.58. The summed E-state index contributed by atoms with van der Waals surface area (Å²) in [4.78, 5) is 27.8. The number of ether oxygens (including phenoxy) is 1. The van der Waals surface area contributed by atoms with Gasteiger partial charge in [0.15, 0.2) is 0 Å². The maximum Gasteiger partial charge on any atom is 0.223 e. The fourth-order valence-electron chi connectivity index (χ4n) is 3.99. The summed E-state index contributed by atoms with van der Waals surface area (Å²) in [5.74, 6) is 0.769. The Balaban J connectivity index is 1.52. The molecule has 0 radical (unpaired) electrons. The Labute approximate surface area is 164 Å². The predicted molar refractivity (Wildman–Crippen MR) is 105 cm³/mol. The predicted octanol–water partition coefficient (Wildman–Crippen LogP) is 1.79. The van der Waals surface area contributed by atoms with E-state index in [1.165, 1.54) is 0 Å². The Morgan fingerprint density at radius 1 is 1.46 bits per heavy atom. The summed E-state index contributed by atoms with van der Waals surface area (Å²) in [5.41, 5.74) is 2.83. The topological polar surface area (TPSA) is 85.2 Å². The smallest absolute Gasteiger partial charge is 0.223 e. The second kappa shape index (κ2) is 7.71. The maximum absolute atomic E-state index is 12.5. The third-order valence-electron chi connectivity index (χ3n) is 5.62. The van der Waals surface area contributed by atoms with Crippen molar-refractivity contribution in [2.45, 2.75) is 37.8 Å². The van der Waals surface area contributed by atoms with E-state index >= 15 is 0 Å². The van der Waals surface area contributed by atoms with Crippen molar-refractivity contribution in [3.8, 4) is 0 Å². The van der Waals surface area contributed by atoms with Gasteiger partial charge in [-0.25, -0.2) is 15.0 Å². The summed E-state index contributed by atoms with van der Waals surface area (Å²) in [5, 5.41) is 3.29. The largest absolute Gasteiger partial charge is 0.376 e. The highest BCUT2D eigenvalue weighted by Gasteiger charge is 2.46. The van der Waals surface area contributed by atoms with Crippen LogP contribution >= 0.6 is 0 Å². The molecule has 0 aliphatic carbocycles. The lowest BCUT2D eigenvalue weighted by molar-refractivity contribution is -0.130. The lowest BCUT2D eigenvalue weighted by Gasteiger charge is -2.34. The number of hydrogen-bond donors (Lipinski definition) is 1. The monoisotopic (exact) mass is 382 g/mol. The number of imidazole rings is 1. The molecule has 1 fully saturated rings. The van der Waals surface area contributed by atoms with E-state index < -0.39 is 0 Å². The number of anilines is 1. The summed E-state index contributed by atoms with van der Waals surface area (Å²) < 4.78 is 7.81. The molecule has 2 aliphatic rings. The normalized spacial score (nSPS) is 21.0. The minimum absolute atomic E-state index is 0.174. The molecule has 4 heterocycles. The van der Waals surface area contributed by atoms with Gasteiger partial charge in [0, 0.05) is 44.5 Å². The van der Waals surface area contributed by atoms with Crippen molar-refractivity contribution in [1.82, 2.24) is 24.4 Å². The molecular weight excluding hydrogens is 356 g/mol. The quantitative estimate of drug-likeness (QED) is 0.767. The number of aromatic nitrogens is 4. The Hall–Kier alpha value is -2.74. The molecule has 8 nitrogen and oxygen atoms in total. The molecule has 0 aromatic carbocycles. The van der Waals surface area contributed by atoms with Crippen LogP contribution in [0.4, 0.5) is 5.95 Å². The Kier molecular flexibility index (Phi) is 5.13. The molecule has 2 aromatic rings. The fraction of sp³-hybridized carbons (Fsp3) is 0.500.